The highest BCUT2D eigenvalue weighted by Gasteiger charge is 2.29. The molecule has 2 heterocycles. The Hall–Kier alpha value is -2.98. The Balaban J connectivity index is 1.50. The number of aryl methyl sites for hydroxylation is 2. The number of aromatic nitrogens is 1. The van der Waals surface area contributed by atoms with E-state index in [2.05, 4.69) is 84.1 Å². The van der Waals surface area contributed by atoms with Crippen molar-refractivity contribution in [3.63, 3.8) is 0 Å². The molecular weight excluding hydrogens is 430 g/mol. The highest BCUT2D eigenvalue weighted by Crippen LogP contribution is 2.25. The molecule has 1 fully saturated rings. The zero-order valence-corrected chi connectivity index (χ0v) is 21.7. The summed E-state index contributed by atoms with van der Waals surface area (Å²) >= 11 is 0. The van der Waals surface area contributed by atoms with Crippen LogP contribution in [-0.2, 0) is 6.54 Å². The largest absolute Gasteiger partial charge is 0.330 e. The quantitative estimate of drug-likeness (QED) is 0.377. The van der Waals surface area contributed by atoms with Crippen molar-refractivity contribution in [2.24, 2.45) is 5.92 Å². The maximum absolute atomic E-state index is 13.6. The molecule has 0 saturated carbocycles. The van der Waals surface area contributed by atoms with E-state index in [9.17, 15) is 4.79 Å². The van der Waals surface area contributed by atoms with Gasteiger partial charge in [0.25, 0.3) is 5.91 Å². The minimum Gasteiger partial charge on any atom is -0.330 e. The predicted molar refractivity (Wildman–Crippen MR) is 144 cm³/mol. The molecule has 4 heteroatoms. The summed E-state index contributed by atoms with van der Waals surface area (Å²) in [5, 5.41) is 0. The van der Waals surface area contributed by atoms with Crippen LogP contribution in [0.1, 0.15) is 60.3 Å². The molecule has 1 aliphatic rings. The maximum atomic E-state index is 13.6. The molecule has 1 amide bonds. The number of hydrogen-bond donors (Lipinski definition) is 0. The van der Waals surface area contributed by atoms with Gasteiger partial charge in [0.1, 0.15) is 5.69 Å². The molecule has 0 N–H and O–H groups in total. The summed E-state index contributed by atoms with van der Waals surface area (Å²) in [5.74, 6) is 0.759. The monoisotopic (exact) mass is 469 g/mol. The highest BCUT2D eigenvalue weighted by atomic mass is 16.2. The number of likely N-dealkylation sites (tertiary alicyclic amines) is 1. The van der Waals surface area contributed by atoms with Crippen LogP contribution < -0.4 is 0 Å². The summed E-state index contributed by atoms with van der Waals surface area (Å²) in [4.78, 5) is 22.7. The van der Waals surface area contributed by atoms with Gasteiger partial charge >= 0.3 is 0 Å². The molecule has 0 atom stereocenters. The van der Waals surface area contributed by atoms with Crippen molar-refractivity contribution in [1.82, 2.24) is 14.8 Å². The average Bonchev–Trinajstić information content (AvgIpc) is 2.87. The Labute approximate surface area is 211 Å². The summed E-state index contributed by atoms with van der Waals surface area (Å²) in [6, 6.07) is 21.3. The van der Waals surface area contributed by atoms with Gasteiger partial charge in [-0.1, -0.05) is 74.0 Å². The first-order chi connectivity index (χ1) is 16.9. The van der Waals surface area contributed by atoms with Crippen LogP contribution in [0.15, 0.2) is 66.9 Å². The van der Waals surface area contributed by atoms with E-state index in [4.69, 9.17) is 0 Å². The van der Waals surface area contributed by atoms with Crippen LogP contribution in [0, 0.1) is 19.8 Å². The van der Waals surface area contributed by atoms with E-state index in [0.29, 0.717) is 12.2 Å². The normalized spacial score (nSPS) is 14.9. The molecule has 4 nitrogen and oxygen atoms in total. The van der Waals surface area contributed by atoms with Gasteiger partial charge in [-0.15, -0.1) is 0 Å². The molecule has 184 valence electrons. The number of carbonyl (C=O) groups is 1. The van der Waals surface area contributed by atoms with Crippen molar-refractivity contribution in [2.45, 2.75) is 59.5 Å². The van der Waals surface area contributed by atoms with Crippen molar-refractivity contribution in [3.05, 3.63) is 89.2 Å². The SMILES string of the molecule is Cc1ccc(C(=O)N(Cc2ccc(-c3cccc(C)c3)cc2)C2CCN(CCC(C)C)CC2)nc1. The number of amides is 1. The fourth-order valence-corrected chi connectivity index (χ4v) is 4.83. The zero-order valence-electron chi connectivity index (χ0n) is 21.7. The molecule has 4 rings (SSSR count). The molecule has 1 aliphatic heterocycles. The van der Waals surface area contributed by atoms with Gasteiger partial charge in [-0.2, -0.15) is 0 Å². The molecule has 1 aromatic heterocycles. The first kappa shape index (κ1) is 25.1. The number of rotatable bonds is 8. The first-order valence-corrected chi connectivity index (χ1v) is 13.0. The minimum atomic E-state index is 0.0355. The minimum absolute atomic E-state index is 0.0355. The van der Waals surface area contributed by atoms with Crippen LogP contribution in [0.25, 0.3) is 11.1 Å². The van der Waals surface area contributed by atoms with Crippen molar-refractivity contribution >= 4 is 5.91 Å². The molecule has 0 unspecified atom stereocenters. The van der Waals surface area contributed by atoms with Crippen molar-refractivity contribution in [2.75, 3.05) is 19.6 Å². The summed E-state index contributed by atoms with van der Waals surface area (Å²) in [6.07, 6.45) is 5.04. The third kappa shape index (κ3) is 6.79. The highest BCUT2D eigenvalue weighted by molar-refractivity contribution is 5.92. The number of carbonyl (C=O) groups excluding carboxylic acids is 1. The topological polar surface area (TPSA) is 36.4 Å². The summed E-state index contributed by atoms with van der Waals surface area (Å²) < 4.78 is 0. The van der Waals surface area contributed by atoms with Crippen LogP contribution in [0.4, 0.5) is 0 Å². The number of pyridine rings is 1. The van der Waals surface area contributed by atoms with Crippen molar-refractivity contribution in [3.8, 4) is 11.1 Å². The third-order valence-corrected chi connectivity index (χ3v) is 7.07. The Morgan fingerprint density at radius 1 is 0.971 bits per heavy atom. The maximum Gasteiger partial charge on any atom is 0.272 e. The van der Waals surface area contributed by atoms with Crippen LogP contribution in [0.2, 0.25) is 0 Å². The lowest BCUT2D eigenvalue weighted by molar-refractivity contribution is 0.0540. The first-order valence-electron chi connectivity index (χ1n) is 13.0. The molecule has 35 heavy (non-hydrogen) atoms. The number of benzene rings is 2. The van der Waals surface area contributed by atoms with Gasteiger partial charge in [0.05, 0.1) is 0 Å². The predicted octanol–water partition coefficient (Wildman–Crippen LogP) is 6.52. The van der Waals surface area contributed by atoms with Gasteiger partial charge in [-0.05, 0) is 73.9 Å². The lowest BCUT2D eigenvalue weighted by Crippen LogP contribution is -2.47. The molecule has 1 saturated heterocycles. The molecule has 3 aromatic rings. The van der Waals surface area contributed by atoms with Crippen LogP contribution in [0.3, 0.4) is 0 Å². The lowest BCUT2D eigenvalue weighted by Gasteiger charge is -2.38. The van der Waals surface area contributed by atoms with Gasteiger partial charge in [0.15, 0.2) is 0 Å². The van der Waals surface area contributed by atoms with Gasteiger partial charge < -0.3 is 9.80 Å². The number of nitrogens with zero attached hydrogens (tertiary/aromatic N) is 3. The van der Waals surface area contributed by atoms with Gasteiger partial charge in [0, 0.05) is 31.9 Å². The standard InChI is InChI=1S/C31H39N3O/c1-23(2)14-17-33-18-15-29(16-19-33)34(31(35)30-13-8-25(4)21-32-30)22-26-9-11-27(12-10-26)28-7-5-6-24(3)20-28/h5-13,20-21,23,29H,14-19,22H2,1-4H3. The Kier molecular flexibility index (Phi) is 8.35. The molecule has 0 spiro atoms. The molecule has 2 aromatic carbocycles. The van der Waals surface area contributed by atoms with Crippen molar-refractivity contribution in [1.29, 1.82) is 0 Å². The molecule has 0 radical (unpaired) electrons. The second-order valence-corrected chi connectivity index (χ2v) is 10.5. The Morgan fingerprint density at radius 3 is 2.34 bits per heavy atom. The van der Waals surface area contributed by atoms with E-state index in [-0.39, 0.29) is 11.9 Å². The van der Waals surface area contributed by atoms with E-state index in [1.807, 2.05) is 19.1 Å². The summed E-state index contributed by atoms with van der Waals surface area (Å²) in [5.41, 5.74) is 6.45. The van der Waals surface area contributed by atoms with Crippen LogP contribution >= 0.6 is 0 Å². The molecule has 0 aliphatic carbocycles. The Morgan fingerprint density at radius 2 is 1.71 bits per heavy atom. The second-order valence-electron chi connectivity index (χ2n) is 10.5. The fourth-order valence-electron chi connectivity index (χ4n) is 4.83. The van der Waals surface area contributed by atoms with Crippen LogP contribution in [-0.4, -0.2) is 46.4 Å². The smallest absolute Gasteiger partial charge is 0.272 e. The average molecular weight is 470 g/mol. The lowest BCUT2D eigenvalue weighted by atomic mass is 9.99. The third-order valence-electron chi connectivity index (χ3n) is 7.07. The Bertz CT molecular complexity index is 1100. The second kappa shape index (κ2) is 11.6. The van der Waals surface area contributed by atoms with E-state index in [0.717, 1.165) is 49.5 Å². The van der Waals surface area contributed by atoms with Gasteiger partial charge in [0.2, 0.25) is 0 Å². The fraction of sp³-hybridized carbons (Fsp3) is 0.419. The zero-order chi connectivity index (χ0) is 24.8. The summed E-state index contributed by atoms with van der Waals surface area (Å²) in [7, 11) is 0. The van der Waals surface area contributed by atoms with Gasteiger partial charge in [-0.25, -0.2) is 0 Å². The summed E-state index contributed by atoms with van der Waals surface area (Å²) in [6.45, 7) is 12.6. The van der Waals surface area contributed by atoms with E-state index < -0.39 is 0 Å². The molecular formula is C31H39N3O. The van der Waals surface area contributed by atoms with Gasteiger partial charge in [-0.3, -0.25) is 9.78 Å². The van der Waals surface area contributed by atoms with Crippen molar-refractivity contribution < 1.29 is 4.79 Å². The van der Waals surface area contributed by atoms with Crippen LogP contribution in [0.5, 0.6) is 0 Å². The number of piperidine rings is 1. The van der Waals surface area contributed by atoms with E-state index in [1.165, 1.54) is 23.1 Å². The van der Waals surface area contributed by atoms with E-state index in [1.54, 1.807) is 6.20 Å². The number of hydrogen-bond acceptors (Lipinski definition) is 3. The van der Waals surface area contributed by atoms with E-state index >= 15 is 0 Å². The molecule has 0 bridgehead atoms.